The van der Waals surface area contributed by atoms with Gasteiger partial charge in [-0.3, -0.25) is 0 Å². The summed E-state index contributed by atoms with van der Waals surface area (Å²) in [5, 5.41) is 0.741. The maximum absolute atomic E-state index is 5.80. The third-order valence-electron chi connectivity index (χ3n) is 2.14. The quantitative estimate of drug-likeness (QED) is 0.895. The first-order valence-electron chi connectivity index (χ1n) is 4.89. The number of hydrogen-bond donors (Lipinski definition) is 1. The Morgan fingerprint density at radius 1 is 1.00 bits per heavy atom. The van der Waals surface area contributed by atoms with E-state index in [0.29, 0.717) is 5.82 Å². The Labute approximate surface area is 112 Å². The summed E-state index contributed by atoms with van der Waals surface area (Å²) in [7, 11) is 0. The maximum atomic E-state index is 5.80. The lowest BCUT2D eigenvalue weighted by atomic mass is 10.1. The average Bonchev–Trinajstić information content (AvgIpc) is 2.28. The molecule has 0 bridgehead atoms. The van der Waals surface area contributed by atoms with E-state index >= 15 is 0 Å². The van der Waals surface area contributed by atoms with E-state index in [1.165, 1.54) is 0 Å². The summed E-state index contributed by atoms with van der Waals surface area (Å²) >= 11 is 5.80. The maximum Gasteiger partial charge on any atom is 0.123 e. The van der Waals surface area contributed by atoms with Crippen LogP contribution < -0.4 is 5.73 Å². The van der Waals surface area contributed by atoms with Gasteiger partial charge >= 0.3 is 0 Å². The van der Waals surface area contributed by atoms with Gasteiger partial charge in [-0.05, 0) is 35.4 Å². The second-order valence-electron chi connectivity index (χ2n) is 3.40. The zero-order valence-corrected chi connectivity index (χ0v) is 10.6. The van der Waals surface area contributed by atoms with Gasteiger partial charge in [0.25, 0.3) is 0 Å². The van der Waals surface area contributed by atoms with Crippen LogP contribution in [0, 0.1) is 0 Å². The van der Waals surface area contributed by atoms with Gasteiger partial charge in [0, 0.05) is 11.2 Å². The second-order valence-corrected chi connectivity index (χ2v) is 3.84. The highest BCUT2D eigenvalue weighted by molar-refractivity contribution is 6.30. The fourth-order valence-electron chi connectivity index (χ4n) is 1.34. The highest BCUT2D eigenvalue weighted by Crippen LogP contribution is 2.13. The summed E-state index contributed by atoms with van der Waals surface area (Å²) < 4.78 is 0. The van der Waals surface area contributed by atoms with Crippen LogP contribution in [0.3, 0.4) is 0 Å². The van der Waals surface area contributed by atoms with Crippen LogP contribution in [-0.2, 0) is 0 Å². The minimum absolute atomic E-state index is 0. The Bertz CT molecular complexity index is 507. The molecule has 0 spiro atoms. The monoisotopic (exact) mass is 266 g/mol. The summed E-state index contributed by atoms with van der Waals surface area (Å²) in [5.74, 6) is 0.526. The molecular weight excluding hydrogens is 255 g/mol. The first-order valence-corrected chi connectivity index (χ1v) is 5.27. The topological polar surface area (TPSA) is 38.9 Å². The van der Waals surface area contributed by atoms with Crippen LogP contribution in [0.25, 0.3) is 12.2 Å². The Balaban J connectivity index is 0.00000144. The van der Waals surface area contributed by atoms with Gasteiger partial charge in [0.2, 0.25) is 0 Å². The molecular formula is C13H12Cl2N2. The highest BCUT2D eigenvalue weighted by Gasteiger charge is 1.90. The third kappa shape index (κ3) is 4.10. The van der Waals surface area contributed by atoms with Crippen molar-refractivity contribution in [2.24, 2.45) is 0 Å². The Hall–Kier alpha value is -1.51. The van der Waals surface area contributed by atoms with E-state index in [4.69, 9.17) is 17.3 Å². The number of nitrogens with zero attached hydrogens (tertiary/aromatic N) is 1. The molecule has 17 heavy (non-hydrogen) atoms. The lowest BCUT2D eigenvalue weighted by molar-refractivity contribution is 1.33. The number of pyridine rings is 1. The molecule has 2 rings (SSSR count). The Kier molecular flexibility index (Phi) is 5.01. The van der Waals surface area contributed by atoms with Gasteiger partial charge < -0.3 is 5.73 Å². The number of halogens is 2. The summed E-state index contributed by atoms with van der Waals surface area (Å²) in [6.07, 6.45) is 5.68. The molecule has 88 valence electrons. The summed E-state index contributed by atoms with van der Waals surface area (Å²) in [6.45, 7) is 0. The first-order chi connectivity index (χ1) is 7.74. The summed E-state index contributed by atoms with van der Waals surface area (Å²) in [5.41, 5.74) is 7.71. The van der Waals surface area contributed by atoms with Crippen LogP contribution in [0.4, 0.5) is 5.82 Å². The zero-order valence-electron chi connectivity index (χ0n) is 9.01. The van der Waals surface area contributed by atoms with E-state index in [-0.39, 0.29) is 12.4 Å². The van der Waals surface area contributed by atoms with Crippen molar-refractivity contribution in [3.8, 4) is 0 Å². The molecule has 2 nitrogen and oxygen atoms in total. The van der Waals surface area contributed by atoms with Crippen molar-refractivity contribution in [1.29, 1.82) is 0 Å². The van der Waals surface area contributed by atoms with Gasteiger partial charge in [0.15, 0.2) is 0 Å². The molecule has 2 N–H and O–H groups in total. The molecule has 0 radical (unpaired) electrons. The Morgan fingerprint density at radius 2 is 1.65 bits per heavy atom. The van der Waals surface area contributed by atoms with Crippen molar-refractivity contribution in [2.45, 2.75) is 0 Å². The van der Waals surface area contributed by atoms with Crippen LogP contribution in [0.2, 0.25) is 5.02 Å². The Morgan fingerprint density at radius 3 is 2.29 bits per heavy atom. The van der Waals surface area contributed by atoms with Crippen LogP contribution in [0.5, 0.6) is 0 Å². The van der Waals surface area contributed by atoms with Crippen molar-refractivity contribution in [3.63, 3.8) is 0 Å². The van der Waals surface area contributed by atoms with Crippen LogP contribution in [0.15, 0.2) is 42.6 Å². The molecule has 1 heterocycles. The predicted octanol–water partition coefficient (Wildman–Crippen LogP) is 3.91. The molecule has 4 heteroatoms. The zero-order chi connectivity index (χ0) is 11.4. The van der Waals surface area contributed by atoms with Gasteiger partial charge in [-0.15, -0.1) is 12.4 Å². The summed E-state index contributed by atoms with van der Waals surface area (Å²) in [6, 6.07) is 11.4. The van der Waals surface area contributed by atoms with Crippen molar-refractivity contribution in [1.82, 2.24) is 4.98 Å². The van der Waals surface area contributed by atoms with Gasteiger partial charge in [-0.1, -0.05) is 35.9 Å². The molecule has 0 atom stereocenters. The minimum atomic E-state index is 0. The standard InChI is InChI=1S/C13H11ClN2.ClH/c14-12-5-3-10(4-6-12)1-2-11-7-8-16-13(15)9-11;/h1-9H,(H2,15,16);1H/b2-1+;. The molecule has 0 amide bonds. The third-order valence-corrected chi connectivity index (χ3v) is 2.40. The van der Waals surface area contributed by atoms with E-state index in [1.54, 1.807) is 6.20 Å². The average molecular weight is 267 g/mol. The van der Waals surface area contributed by atoms with Crippen molar-refractivity contribution < 1.29 is 0 Å². The number of aromatic nitrogens is 1. The fourth-order valence-corrected chi connectivity index (χ4v) is 1.46. The molecule has 0 saturated heterocycles. The normalized spacial score (nSPS) is 10.2. The van der Waals surface area contributed by atoms with Crippen molar-refractivity contribution in [2.75, 3.05) is 5.73 Å². The predicted molar refractivity (Wildman–Crippen MR) is 76.3 cm³/mol. The molecule has 0 saturated carbocycles. The van der Waals surface area contributed by atoms with E-state index < -0.39 is 0 Å². The molecule has 2 aromatic rings. The van der Waals surface area contributed by atoms with Crippen LogP contribution in [0.1, 0.15) is 11.1 Å². The summed E-state index contributed by atoms with van der Waals surface area (Å²) in [4.78, 5) is 3.93. The number of benzene rings is 1. The highest BCUT2D eigenvalue weighted by atomic mass is 35.5. The number of nitrogens with two attached hydrogens (primary N) is 1. The van der Waals surface area contributed by atoms with Crippen molar-refractivity contribution in [3.05, 3.63) is 58.7 Å². The van der Waals surface area contributed by atoms with Gasteiger partial charge in [-0.2, -0.15) is 0 Å². The molecule has 0 unspecified atom stereocenters. The van der Waals surface area contributed by atoms with E-state index in [0.717, 1.165) is 16.1 Å². The van der Waals surface area contributed by atoms with Crippen LogP contribution >= 0.6 is 24.0 Å². The van der Waals surface area contributed by atoms with Crippen molar-refractivity contribution >= 4 is 42.0 Å². The van der Waals surface area contributed by atoms with Gasteiger partial charge in [-0.25, -0.2) is 4.98 Å². The van der Waals surface area contributed by atoms with Gasteiger partial charge in [0.1, 0.15) is 5.82 Å². The lowest BCUT2D eigenvalue weighted by Gasteiger charge is -1.96. The lowest BCUT2D eigenvalue weighted by Crippen LogP contribution is -1.88. The first kappa shape index (κ1) is 13.6. The van der Waals surface area contributed by atoms with E-state index in [1.807, 2.05) is 48.6 Å². The number of anilines is 1. The van der Waals surface area contributed by atoms with Gasteiger partial charge in [0.05, 0.1) is 0 Å². The second kappa shape index (κ2) is 6.28. The minimum Gasteiger partial charge on any atom is -0.384 e. The molecule has 1 aromatic heterocycles. The van der Waals surface area contributed by atoms with E-state index in [9.17, 15) is 0 Å². The smallest absolute Gasteiger partial charge is 0.123 e. The molecule has 0 aliphatic carbocycles. The molecule has 1 aromatic carbocycles. The molecule has 0 fully saturated rings. The fraction of sp³-hybridized carbons (Fsp3) is 0. The molecule has 0 aliphatic heterocycles. The number of nitrogen functional groups attached to an aromatic ring is 1. The van der Waals surface area contributed by atoms with Crippen LogP contribution in [-0.4, -0.2) is 4.98 Å². The largest absolute Gasteiger partial charge is 0.384 e. The van der Waals surface area contributed by atoms with E-state index in [2.05, 4.69) is 4.98 Å². The number of rotatable bonds is 2. The SMILES string of the molecule is Cl.Nc1cc(/C=C/c2ccc(Cl)cc2)ccn1. The molecule has 0 aliphatic rings. The number of hydrogen-bond acceptors (Lipinski definition) is 2.